The van der Waals surface area contributed by atoms with Crippen LogP contribution in [0.5, 0.6) is 11.5 Å². The summed E-state index contributed by atoms with van der Waals surface area (Å²) in [7, 11) is 0. The average Bonchev–Trinajstić information content (AvgIpc) is 3.19. The highest BCUT2D eigenvalue weighted by molar-refractivity contribution is 6.32. The summed E-state index contributed by atoms with van der Waals surface area (Å²) in [5.74, 6) is -1.19. The Labute approximate surface area is 231 Å². The number of ether oxygens (including phenoxy) is 3. The molecule has 0 saturated heterocycles. The minimum absolute atomic E-state index is 0.0699. The van der Waals surface area contributed by atoms with Gasteiger partial charge in [-0.25, -0.2) is 9.18 Å². The van der Waals surface area contributed by atoms with E-state index >= 15 is 0 Å². The van der Waals surface area contributed by atoms with E-state index < -0.39 is 11.9 Å². The SMILES string of the molecule is CCOC(=O)C1=C(C)NC2=C(C(=O)c3ccccc32)[C@H]1c1cc(Cl)c(OCc2cccc(F)c2)c(OCC)c1. The summed E-state index contributed by atoms with van der Waals surface area (Å²) in [5, 5.41) is 3.51. The second-order valence-corrected chi connectivity index (χ2v) is 9.57. The van der Waals surface area contributed by atoms with Crippen LogP contribution in [0, 0.1) is 5.82 Å². The number of dihydropyridines is 1. The predicted octanol–water partition coefficient (Wildman–Crippen LogP) is 6.59. The topological polar surface area (TPSA) is 73.9 Å². The van der Waals surface area contributed by atoms with Crippen LogP contribution in [0.1, 0.15) is 53.7 Å². The van der Waals surface area contributed by atoms with E-state index in [1.54, 1.807) is 44.2 Å². The Kier molecular flexibility index (Phi) is 7.44. The first-order valence-corrected chi connectivity index (χ1v) is 13.1. The summed E-state index contributed by atoms with van der Waals surface area (Å²) in [4.78, 5) is 26.9. The lowest BCUT2D eigenvalue weighted by Crippen LogP contribution is -2.29. The molecule has 39 heavy (non-hydrogen) atoms. The number of nitrogens with one attached hydrogen (secondary N) is 1. The van der Waals surface area contributed by atoms with Crippen LogP contribution in [0.2, 0.25) is 5.02 Å². The van der Waals surface area contributed by atoms with Crippen molar-refractivity contribution in [1.82, 2.24) is 5.32 Å². The maximum absolute atomic E-state index is 13.7. The monoisotopic (exact) mass is 547 g/mol. The Hall–Kier alpha value is -4.10. The summed E-state index contributed by atoms with van der Waals surface area (Å²) in [6.45, 7) is 5.92. The maximum Gasteiger partial charge on any atom is 0.336 e. The van der Waals surface area contributed by atoms with Gasteiger partial charge in [-0.05, 0) is 56.2 Å². The Morgan fingerprint density at radius 2 is 1.77 bits per heavy atom. The van der Waals surface area contributed by atoms with Crippen molar-refractivity contribution in [2.75, 3.05) is 13.2 Å². The van der Waals surface area contributed by atoms with Crippen LogP contribution in [0.3, 0.4) is 0 Å². The molecule has 3 aromatic carbocycles. The molecule has 0 radical (unpaired) electrons. The second kappa shape index (κ2) is 10.9. The van der Waals surface area contributed by atoms with Crippen LogP contribution >= 0.6 is 11.6 Å². The van der Waals surface area contributed by atoms with E-state index in [-0.39, 0.29) is 35.6 Å². The normalized spacial score (nSPS) is 16.0. The molecule has 1 N–H and O–H groups in total. The third-order valence-electron chi connectivity index (χ3n) is 6.68. The number of Topliss-reactive ketones (excluding diaryl/α,β-unsaturated/α-hetero) is 1. The van der Waals surface area contributed by atoms with Crippen molar-refractivity contribution in [2.45, 2.75) is 33.3 Å². The van der Waals surface area contributed by atoms with Gasteiger partial charge in [0.2, 0.25) is 0 Å². The molecule has 0 bridgehead atoms. The largest absolute Gasteiger partial charge is 0.490 e. The van der Waals surface area contributed by atoms with Gasteiger partial charge in [-0.1, -0.05) is 48.0 Å². The smallest absolute Gasteiger partial charge is 0.336 e. The van der Waals surface area contributed by atoms with Crippen LogP contribution in [0.4, 0.5) is 4.39 Å². The van der Waals surface area contributed by atoms with E-state index in [4.69, 9.17) is 25.8 Å². The standard InChI is InChI=1S/C31H27ClFNO5/c1-4-37-24-15-19(14-23(32)30(24)39-16-18-9-8-10-20(33)13-18)26-25(31(36)38-5-2)17(3)34-28-21-11-6-7-12-22(21)29(35)27(26)28/h6-15,26,34H,4-5,16H2,1-3H3/t26-/m0/s1. The molecule has 0 saturated carbocycles. The zero-order valence-electron chi connectivity index (χ0n) is 21.8. The molecule has 0 amide bonds. The number of allylic oxidation sites excluding steroid dienone is 2. The molecule has 1 heterocycles. The van der Waals surface area contributed by atoms with Gasteiger partial charge in [0.25, 0.3) is 0 Å². The molecule has 1 atom stereocenters. The van der Waals surface area contributed by atoms with Gasteiger partial charge in [0, 0.05) is 28.3 Å². The Morgan fingerprint density at radius 3 is 2.49 bits per heavy atom. The van der Waals surface area contributed by atoms with Crippen LogP contribution in [0.15, 0.2) is 77.5 Å². The number of ketones is 1. The Balaban J connectivity index is 1.62. The van der Waals surface area contributed by atoms with Crippen LogP contribution < -0.4 is 14.8 Å². The molecule has 0 aromatic heterocycles. The third-order valence-corrected chi connectivity index (χ3v) is 6.96. The van der Waals surface area contributed by atoms with Gasteiger partial charge in [0.1, 0.15) is 12.4 Å². The molecule has 1 aliphatic carbocycles. The lowest BCUT2D eigenvalue weighted by molar-refractivity contribution is -0.138. The van der Waals surface area contributed by atoms with Crippen molar-refractivity contribution in [1.29, 1.82) is 0 Å². The molecule has 200 valence electrons. The number of carbonyl (C=O) groups is 2. The van der Waals surface area contributed by atoms with Gasteiger partial charge in [-0.2, -0.15) is 0 Å². The van der Waals surface area contributed by atoms with Gasteiger partial charge < -0.3 is 19.5 Å². The fourth-order valence-corrected chi connectivity index (χ4v) is 5.36. The third kappa shape index (κ3) is 4.90. The number of benzene rings is 3. The first kappa shape index (κ1) is 26.5. The highest BCUT2D eigenvalue weighted by atomic mass is 35.5. The van der Waals surface area contributed by atoms with Crippen molar-refractivity contribution in [3.63, 3.8) is 0 Å². The molecular formula is C31H27ClFNO5. The number of carbonyl (C=O) groups excluding carboxylic acids is 2. The fourth-order valence-electron chi connectivity index (χ4n) is 5.08. The molecule has 3 aromatic rings. The number of hydrogen-bond donors (Lipinski definition) is 1. The first-order valence-electron chi connectivity index (χ1n) is 12.7. The van der Waals surface area contributed by atoms with E-state index in [9.17, 15) is 14.0 Å². The van der Waals surface area contributed by atoms with Crippen molar-refractivity contribution in [3.8, 4) is 11.5 Å². The number of esters is 1. The van der Waals surface area contributed by atoms with E-state index in [2.05, 4.69) is 5.32 Å². The zero-order chi connectivity index (χ0) is 27.7. The second-order valence-electron chi connectivity index (χ2n) is 9.16. The van der Waals surface area contributed by atoms with Crippen LogP contribution in [-0.2, 0) is 16.1 Å². The lowest BCUT2D eigenvalue weighted by Gasteiger charge is -2.30. The van der Waals surface area contributed by atoms with Gasteiger partial charge in [0.05, 0.1) is 29.5 Å². The molecule has 0 fully saturated rings. The summed E-state index contributed by atoms with van der Waals surface area (Å²) in [6, 6.07) is 16.8. The number of rotatable bonds is 8. The Morgan fingerprint density at radius 1 is 1.00 bits per heavy atom. The molecule has 2 aliphatic rings. The minimum Gasteiger partial charge on any atom is -0.490 e. The van der Waals surface area contributed by atoms with Crippen molar-refractivity contribution in [2.24, 2.45) is 0 Å². The van der Waals surface area contributed by atoms with Gasteiger partial charge in [-0.15, -0.1) is 0 Å². The predicted molar refractivity (Wildman–Crippen MR) is 146 cm³/mol. The summed E-state index contributed by atoms with van der Waals surface area (Å²) < 4.78 is 31.0. The number of hydrogen-bond acceptors (Lipinski definition) is 6. The van der Waals surface area contributed by atoms with E-state index in [1.807, 2.05) is 25.1 Å². The maximum atomic E-state index is 13.7. The van der Waals surface area contributed by atoms with E-state index in [0.29, 0.717) is 51.6 Å². The minimum atomic E-state index is -0.755. The first-order chi connectivity index (χ1) is 18.8. The lowest BCUT2D eigenvalue weighted by atomic mass is 9.79. The highest BCUT2D eigenvalue weighted by Gasteiger charge is 2.43. The Bertz CT molecular complexity index is 1540. The summed E-state index contributed by atoms with van der Waals surface area (Å²) in [6.07, 6.45) is 0. The quantitative estimate of drug-likeness (QED) is 0.321. The van der Waals surface area contributed by atoms with E-state index in [0.717, 1.165) is 5.56 Å². The number of halogens is 2. The summed E-state index contributed by atoms with van der Waals surface area (Å²) >= 11 is 6.75. The van der Waals surface area contributed by atoms with Gasteiger partial charge in [0.15, 0.2) is 17.3 Å². The van der Waals surface area contributed by atoms with E-state index in [1.165, 1.54) is 12.1 Å². The molecule has 8 heteroatoms. The molecule has 6 nitrogen and oxygen atoms in total. The van der Waals surface area contributed by atoms with Crippen molar-refractivity contribution >= 4 is 29.1 Å². The van der Waals surface area contributed by atoms with Gasteiger partial charge >= 0.3 is 5.97 Å². The fraction of sp³-hybridized carbons (Fsp3) is 0.226. The molecule has 0 spiro atoms. The highest BCUT2D eigenvalue weighted by Crippen LogP contribution is 2.49. The molecule has 0 unspecified atom stereocenters. The van der Waals surface area contributed by atoms with Crippen molar-refractivity contribution in [3.05, 3.63) is 111 Å². The molecule has 1 aliphatic heterocycles. The number of fused-ring (bicyclic) bond motifs is 2. The molecule has 5 rings (SSSR count). The van der Waals surface area contributed by atoms with Crippen molar-refractivity contribution < 1.29 is 28.2 Å². The zero-order valence-corrected chi connectivity index (χ0v) is 22.5. The average molecular weight is 548 g/mol. The summed E-state index contributed by atoms with van der Waals surface area (Å²) in [5.41, 5.74) is 4.55. The van der Waals surface area contributed by atoms with Crippen LogP contribution in [0.25, 0.3) is 5.70 Å². The van der Waals surface area contributed by atoms with Gasteiger partial charge in [-0.3, -0.25) is 4.79 Å². The molecular weight excluding hydrogens is 521 g/mol. The van der Waals surface area contributed by atoms with Crippen LogP contribution in [-0.4, -0.2) is 25.0 Å².